The smallest absolute Gasteiger partial charge is 0.262 e. The van der Waals surface area contributed by atoms with Crippen molar-refractivity contribution in [1.82, 2.24) is 20.0 Å². The second-order valence-electron chi connectivity index (χ2n) is 7.12. The molecule has 0 aliphatic carbocycles. The summed E-state index contributed by atoms with van der Waals surface area (Å²) >= 11 is 1.34. The van der Waals surface area contributed by atoms with Gasteiger partial charge in [0, 0.05) is 25.4 Å². The number of hydrogen-bond acceptors (Lipinski definition) is 4. The van der Waals surface area contributed by atoms with E-state index in [1.165, 1.54) is 11.3 Å². The Balaban J connectivity index is 1.51. The lowest BCUT2D eigenvalue weighted by atomic mass is 10.1. The predicted molar refractivity (Wildman–Crippen MR) is 121 cm³/mol. The summed E-state index contributed by atoms with van der Waals surface area (Å²) in [4.78, 5) is 28.1. The molecule has 4 aromatic rings. The van der Waals surface area contributed by atoms with Gasteiger partial charge < -0.3 is 10.2 Å². The van der Waals surface area contributed by atoms with Crippen molar-refractivity contribution in [1.29, 1.82) is 0 Å². The Morgan fingerprint density at radius 2 is 1.74 bits per heavy atom. The van der Waals surface area contributed by atoms with Crippen molar-refractivity contribution in [3.8, 4) is 5.69 Å². The normalized spacial score (nSPS) is 11.6. The van der Waals surface area contributed by atoms with E-state index < -0.39 is 6.04 Å². The van der Waals surface area contributed by atoms with Crippen LogP contribution in [-0.4, -0.2) is 33.5 Å². The van der Waals surface area contributed by atoms with Crippen molar-refractivity contribution in [2.75, 3.05) is 7.05 Å². The molecular weight excluding hydrogens is 408 g/mol. The van der Waals surface area contributed by atoms with Crippen molar-refractivity contribution in [3.63, 3.8) is 0 Å². The van der Waals surface area contributed by atoms with Gasteiger partial charge in [0.25, 0.3) is 5.91 Å². The van der Waals surface area contributed by atoms with Crippen molar-refractivity contribution >= 4 is 23.2 Å². The molecule has 2 amide bonds. The zero-order chi connectivity index (χ0) is 21.6. The van der Waals surface area contributed by atoms with Crippen LogP contribution in [0.3, 0.4) is 0 Å². The standard InChI is InChI=1S/C24H22N4O2S/c1-27(16-18-15-25-28(17-18)20-11-6-3-7-12-20)24(30)22(19-9-4-2-5-10-19)26-23(29)21-13-8-14-31-21/h2-15,17,22H,16H2,1H3,(H,26,29). The number of nitrogens with one attached hydrogen (secondary N) is 1. The summed E-state index contributed by atoms with van der Waals surface area (Å²) in [5.41, 5.74) is 2.59. The molecule has 1 N–H and O–H groups in total. The van der Waals surface area contributed by atoms with Crippen LogP contribution in [0.25, 0.3) is 5.69 Å². The summed E-state index contributed by atoms with van der Waals surface area (Å²) in [5, 5.41) is 9.13. The molecule has 0 spiro atoms. The van der Waals surface area contributed by atoms with Gasteiger partial charge in [0.2, 0.25) is 5.91 Å². The number of para-hydroxylation sites is 1. The van der Waals surface area contributed by atoms with Gasteiger partial charge in [0.1, 0.15) is 6.04 Å². The summed E-state index contributed by atoms with van der Waals surface area (Å²) < 4.78 is 1.78. The minimum absolute atomic E-state index is 0.191. The fourth-order valence-electron chi connectivity index (χ4n) is 3.28. The van der Waals surface area contributed by atoms with Crippen LogP contribution < -0.4 is 5.32 Å². The molecule has 0 bridgehead atoms. The second kappa shape index (κ2) is 9.40. The van der Waals surface area contributed by atoms with Gasteiger partial charge in [-0.15, -0.1) is 11.3 Å². The van der Waals surface area contributed by atoms with Gasteiger partial charge >= 0.3 is 0 Å². The third-order valence-electron chi connectivity index (χ3n) is 4.85. The molecule has 0 saturated carbocycles. The maximum Gasteiger partial charge on any atom is 0.262 e. The van der Waals surface area contributed by atoms with E-state index in [-0.39, 0.29) is 11.8 Å². The predicted octanol–water partition coefficient (Wildman–Crippen LogP) is 4.06. The molecular formula is C24H22N4O2S. The first kappa shape index (κ1) is 20.6. The number of rotatable bonds is 7. The highest BCUT2D eigenvalue weighted by Crippen LogP contribution is 2.19. The molecule has 7 heteroatoms. The lowest BCUT2D eigenvalue weighted by molar-refractivity contribution is -0.132. The lowest BCUT2D eigenvalue weighted by Gasteiger charge is -2.24. The van der Waals surface area contributed by atoms with E-state index >= 15 is 0 Å². The molecule has 0 aliphatic heterocycles. The highest BCUT2D eigenvalue weighted by atomic mass is 32.1. The van der Waals surface area contributed by atoms with E-state index in [9.17, 15) is 9.59 Å². The van der Waals surface area contributed by atoms with E-state index in [4.69, 9.17) is 0 Å². The summed E-state index contributed by atoms with van der Waals surface area (Å²) in [6.45, 7) is 0.379. The molecule has 0 saturated heterocycles. The minimum Gasteiger partial charge on any atom is -0.339 e. The molecule has 2 heterocycles. The Kier molecular flexibility index (Phi) is 6.24. The van der Waals surface area contributed by atoms with Gasteiger partial charge in [-0.25, -0.2) is 4.68 Å². The minimum atomic E-state index is -0.773. The topological polar surface area (TPSA) is 67.2 Å². The first-order valence-corrected chi connectivity index (χ1v) is 10.7. The zero-order valence-electron chi connectivity index (χ0n) is 17.0. The Labute approximate surface area is 184 Å². The number of benzene rings is 2. The van der Waals surface area contributed by atoms with Crippen LogP contribution in [0.1, 0.15) is 26.8 Å². The Bertz CT molecular complexity index is 1140. The third-order valence-corrected chi connectivity index (χ3v) is 5.72. The third kappa shape index (κ3) is 4.90. The van der Waals surface area contributed by atoms with Crippen LogP contribution in [0.5, 0.6) is 0 Å². The van der Waals surface area contributed by atoms with Gasteiger partial charge in [-0.1, -0.05) is 54.6 Å². The summed E-state index contributed by atoms with van der Waals surface area (Å²) in [6.07, 6.45) is 3.65. The molecule has 2 aromatic carbocycles. The van der Waals surface area contributed by atoms with E-state index in [0.29, 0.717) is 11.4 Å². The summed E-state index contributed by atoms with van der Waals surface area (Å²) in [5.74, 6) is -0.453. The first-order chi connectivity index (χ1) is 15.1. The Hall–Kier alpha value is -3.71. The number of nitrogens with zero attached hydrogens (tertiary/aromatic N) is 3. The second-order valence-corrected chi connectivity index (χ2v) is 8.07. The average Bonchev–Trinajstić information content (AvgIpc) is 3.51. The van der Waals surface area contributed by atoms with Crippen LogP contribution in [-0.2, 0) is 11.3 Å². The molecule has 31 heavy (non-hydrogen) atoms. The van der Waals surface area contributed by atoms with Gasteiger partial charge in [-0.2, -0.15) is 5.10 Å². The SMILES string of the molecule is CN(Cc1cnn(-c2ccccc2)c1)C(=O)C(NC(=O)c1cccs1)c1ccccc1. The number of aromatic nitrogens is 2. The number of likely N-dealkylation sites (N-methyl/N-ethyl adjacent to an activating group) is 1. The fraction of sp³-hybridized carbons (Fsp3) is 0.125. The van der Waals surface area contributed by atoms with Gasteiger partial charge in [-0.05, 0) is 29.1 Å². The molecule has 6 nitrogen and oxygen atoms in total. The van der Waals surface area contributed by atoms with Crippen molar-refractivity contribution in [2.24, 2.45) is 0 Å². The maximum absolute atomic E-state index is 13.3. The number of carbonyl (C=O) groups excluding carboxylic acids is 2. The van der Waals surface area contributed by atoms with Crippen LogP contribution in [0, 0.1) is 0 Å². The average molecular weight is 431 g/mol. The number of thiophene rings is 1. The van der Waals surface area contributed by atoms with Gasteiger partial charge in [0.05, 0.1) is 16.8 Å². The lowest BCUT2D eigenvalue weighted by Crippen LogP contribution is -2.40. The molecule has 156 valence electrons. The largest absolute Gasteiger partial charge is 0.339 e. The molecule has 0 fully saturated rings. The van der Waals surface area contributed by atoms with Crippen molar-refractivity contribution < 1.29 is 9.59 Å². The molecule has 1 atom stereocenters. The molecule has 1 unspecified atom stereocenters. The van der Waals surface area contributed by atoms with E-state index in [2.05, 4.69) is 10.4 Å². The molecule has 0 aliphatic rings. The quantitative estimate of drug-likeness (QED) is 0.481. The Morgan fingerprint density at radius 3 is 2.42 bits per heavy atom. The highest BCUT2D eigenvalue weighted by Gasteiger charge is 2.26. The first-order valence-electron chi connectivity index (χ1n) is 9.85. The summed E-state index contributed by atoms with van der Waals surface area (Å²) in [6, 6.07) is 21.9. The summed E-state index contributed by atoms with van der Waals surface area (Å²) in [7, 11) is 1.73. The molecule has 0 radical (unpaired) electrons. The van der Waals surface area contributed by atoms with E-state index in [0.717, 1.165) is 16.8 Å². The van der Waals surface area contributed by atoms with Crippen LogP contribution in [0.4, 0.5) is 0 Å². The zero-order valence-corrected chi connectivity index (χ0v) is 17.8. The van der Waals surface area contributed by atoms with E-state index in [1.54, 1.807) is 28.9 Å². The van der Waals surface area contributed by atoms with Gasteiger partial charge in [-0.3, -0.25) is 9.59 Å². The number of hydrogen-bond donors (Lipinski definition) is 1. The van der Waals surface area contributed by atoms with Gasteiger partial charge in [0.15, 0.2) is 0 Å². The van der Waals surface area contributed by atoms with Crippen LogP contribution in [0.15, 0.2) is 90.6 Å². The molecule has 4 rings (SSSR count). The van der Waals surface area contributed by atoms with Crippen molar-refractivity contribution in [2.45, 2.75) is 12.6 Å². The number of carbonyl (C=O) groups is 2. The highest BCUT2D eigenvalue weighted by molar-refractivity contribution is 7.12. The Morgan fingerprint density at radius 1 is 1.03 bits per heavy atom. The monoisotopic (exact) mass is 430 g/mol. The van der Waals surface area contributed by atoms with Crippen LogP contribution >= 0.6 is 11.3 Å². The number of amides is 2. The molecule has 2 aromatic heterocycles. The van der Waals surface area contributed by atoms with E-state index in [1.807, 2.05) is 78.3 Å². The van der Waals surface area contributed by atoms with Crippen molar-refractivity contribution in [3.05, 3.63) is 107 Å². The maximum atomic E-state index is 13.3. The van der Waals surface area contributed by atoms with Crippen LogP contribution in [0.2, 0.25) is 0 Å². The fourth-order valence-corrected chi connectivity index (χ4v) is 3.91.